The second-order valence-electron chi connectivity index (χ2n) is 3.03. The molecule has 0 amide bonds. The van der Waals surface area contributed by atoms with Crippen LogP contribution in [0.15, 0.2) is 42.7 Å². The largest absolute Gasteiger partial charge is 0.326 e. The fourth-order valence-electron chi connectivity index (χ4n) is 1.49. The van der Waals surface area contributed by atoms with E-state index < -0.39 is 0 Å². The highest BCUT2D eigenvalue weighted by atomic mass is 35.5. The average Bonchev–Trinajstić information content (AvgIpc) is 2.70. The quantitative estimate of drug-likeness (QED) is 0.863. The lowest BCUT2D eigenvalue weighted by Crippen LogP contribution is -2.03. The summed E-state index contributed by atoms with van der Waals surface area (Å²) >= 11 is 6.05. The molecule has 1 aromatic heterocycles. The molecule has 0 aliphatic rings. The van der Waals surface area contributed by atoms with Gasteiger partial charge in [0.05, 0.1) is 5.69 Å². The summed E-state index contributed by atoms with van der Waals surface area (Å²) in [7, 11) is 0. The Balaban J connectivity index is 0.00000112. The van der Waals surface area contributed by atoms with E-state index in [4.69, 9.17) is 17.3 Å². The molecule has 2 rings (SSSR count). The Morgan fingerprint density at radius 3 is 2.40 bits per heavy atom. The fourth-order valence-corrected chi connectivity index (χ4v) is 1.73. The maximum Gasteiger partial charge on any atom is 0.0509 e. The van der Waals surface area contributed by atoms with Gasteiger partial charge in [0.25, 0.3) is 0 Å². The van der Waals surface area contributed by atoms with E-state index in [0.29, 0.717) is 6.54 Å². The molecule has 15 heavy (non-hydrogen) atoms. The standard InChI is InChI=1S/C11H11ClN2.ClH/c12-10-4-3-5-11(9(10)8-13)14-6-1-2-7-14;/h1-7H,8,13H2;1H. The van der Waals surface area contributed by atoms with Crippen LogP contribution in [0.5, 0.6) is 0 Å². The van der Waals surface area contributed by atoms with Gasteiger partial charge in [-0.15, -0.1) is 12.4 Å². The zero-order chi connectivity index (χ0) is 9.97. The molecule has 80 valence electrons. The Morgan fingerprint density at radius 2 is 1.80 bits per heavy atom. The van der Waals surface area contributed by atoms with Crippen LogP contribution in [-0.2, 0) is 6.54 Å². The second kappa shape index (κ2) is 5.21. The molecule has 1 heterocycles. The molecule has 0 atom stereocenters. The molecular formula is C11H12Cl2N2. The lowest BCUT2D eigenvalue weighted by atomic mass is 10.2. The van der Waals surface area contributed by atoms with Crippen molar-refractivity contribution in [2.75, 3.05) is 0 Å². The number of aromatic nitrogens is 1. The van der Waals surface area contributed by atoms with Gasteiger partial charge >= 0.3 is 0 Å². The van der Waals surface area contributed by atoms with Crippen molar-refractivity contribution >= 4 is 24.0 Å². The van der Waals surface area contributed by atoms with Crippen LogP contribution in [0.1, 0.15) is 5.56 Å². The Hall–Kier alpha value is -0.960. The number of benzene rings is 1. The predicted molar refractivity (Wildman–Crippen MR) is 65.9 cm³/mol. The molecule has 0 bridgehead atoms. The molecule has 0 saturated heterocycles. The Morgan fingerprint density at radius 1 is 1.13 bits per heavy atom. The summed E-state index contributed by atoms with van der Waals surface area (Å²) in [6, 6.07) is 9.74. The monoisotopic (exact) mass is 242 g/mol. The summed E-state index contributed by atoms with van der Waals surface area (Å²) < 4.78 is 2.01. The van der Waals surface area contributed by atoms with Crippen LogP contribution in [-0.4, -0.2) is 4.57 Å². The molecule has 0 aliphatic carbocycles. The van der Waals surface area contributed by atoms with Gasteiger partial charge < -0.3 is 10.3 Å². The second-order valence-corrected chi connectivity index (χ2v) is 3.44. The zero-order valence-corrected chi connectivity index (χ0v) is 9.63. The van der Waals surface area contributed by atoms with Gasteiger partial charge in [-0.05, 0) is 24.3 Å². The van der Waals surface area contributed by atoms with Crippen molar-refractivity contribution in [3.05, 3.63) is 53.3 Å². The van der Waals surface area contributed by atoms with Crippen molar-refractivity contribution in [2.45, 2.75) is 6.54 Å². The summed E-state index contributed by atoms with van der Waals surface area (Å²) in [6.07, 6.45) is 3.95. The van der Waals surface area contributed by atoms with Crippen molar-refractivity contribution in [1.82, 2.24) is 4.57 Å². The van der Waals surface area contributed by atoms with Gasteiger partial charge in [0, 0.05) is 29.5 Å². The van der Waals surface area contributed by atoms with Crippen molar-refractivity contribution in [3.8, 4) is 5.69 Å². The van der Waals surface area contributed by atoms with Crippen molar-refractivity contribution < 1.29 is 0 Å². The molecule has 0 fully saturated rings. The smallest absolute Gasteiger partial charge is 0.0509 e. The van der Waals surface area contributed by atoms with Crippen LogP contribution in [0.25, 0.3) is 5.69 Å². The first-order chi connectivity index (χ1) is 6.83. The minimum atomic E-state index is 0. The van der Waals surface area contributed by atoms with Crippen LogP contribution in [0.2, 0.25) is 5.02 Å². The van der Waals surface area contributed by atoms with Crippen LogP contribution >= 0.6 is 24.0 Å². The first-order valence-corrected chi connectivity index (χ1v) is 4.81. The van der Waals surface area contributed by atoms with Gasteiger partial charge in [0.15, 0.2) is 0 Å². The number of hydrogen-bond donors (Lipinski definition) is 1. The summed E-state index contributed by atoms with van der Waals surface area (Å²) in [5.74, 6) is 0. The number of hydrogen-bond acceptors (Lipinski definition) is 1. The van der Waals surface area contributed by atoms with E-state index >= 15 is 0 Å². The van der Waals surface area contributed by atoms with Crippen LogP contribution in [0, 0.1) is 0 Å². The maximum atomic E-state index is 6.05. The highest BCUT2D eigenvalue weighted by Gasteiger charge is 2.05. The van der Waals surface area contributed by atoms with Crippen LogP contribution < -0.4 is 5.73 Å². The van der Waals surface area contributed by atoms with E-state index in [9.17, 15) is 0 Å². The van der Waals surface area contributed by atoms with Crippen molar-refractivity contribution in [1.29, 1.82) is 0 Å². The van der Waals surface area contributed by atoms with E-state index in [0.717, 1.165) is 16.3 Å². The normalized spacial score (nSPS) is 9.73. The number of halogens is 2. The highest BCUT2D eigenvalue weighted by Crippen LogP contribution is 2.22. The zero-order valence-electron chi connectivity index (χ0n) is 8.06. The van der Waals surface area contributed by atoms with Crippen LogP contribution in [0.3, 0.4) is 0 Å². The summed E-state index contributed by atoms with van der Waals surface area (Å²) in [5, 5.41) is 0.721. The van der Waals surface area contributed by atoms with E-state index in [-0.39, 0.29) is 12.4 Å². The molecule has 0 radical (unpaired) electrons. The lowest BCUT2D eigenvalue weighted by molar-refractivity contribution is 0.992. The number of rotatable bonds is 2. The predicted octanol–water partition coefficient (Wildman–Crippen LogP) is 3.01. The Labute approximate surface area is 100 Å². The third-order valence-electron chi connectivity index (χ3n) is 2.18. The highest BCUT2D eigenvalue weighted by molar-refractivity contribution is 6.31. The van der Waals surface area contributed by atoms with Crippen molar-refractivity contribution in [2.24, 2.45) is 5.73 Å². The van der Waals surface area contributed by atoms with Gasteiger partial charge in [-0.1, -0.05) is 17.7 Å². The summed E-state index contributed by atoms with van der Waals surface area (Å²) in [5.41, 5.74) is 7.68. The molecule has 0 saturated carbocycles. The van der Waals surface area contributed by atoms with Crippen molar-refractivity contribution in [3.63, 3.8) is 0 Å². The molecular weight excluding hydrogens is 231 g/mol. The van der Waals surface area contributed by atoms with Gasteiger partial charge in [-0.3, -0.25) is 0 Å². The van der Waals surface area contributed by atoms with E-state index in [1.807, 2.05) is 47.3 Å². The molecule has 0 unspecified atom stereocenters. The molecule has 1 aromatic carbocycles. The average molecular weight is 243 g/mol. The van der Waals surface area contributed by atoms with Crippen LogP contribution in [0.4, 0.5) is 0 Å². The fraction of sp³-hybridized carbons (Fsp3) is 0.0909. The van der Waals surface area contributed by atoms with Gasteiger partial charge in [0.1, 0.15) is 0 Å². The molecule has 2 aromatic rings. The van der Waals surface area contributed by atoms with Gasteiger partial charge in [-0.2, -0.15) is 0 Å². The SMILES string of the molecule is Cl.NCc1c(Cl)cccc1-n1cccc1. The van der Waals surface area contributed by atoms with Gasteiger partial charge in [-0.25, -0.2) is 0 Å². The minimum Gasteiger partial charge on any atom is -0.326 e. The molecule has 2 nitrogen and oxygen atoms in total. The van der Waals surface area contributed by atoms with E-state index in [1.165, 1.54) is 0 Å². The summed E-state index contributed by atoms with van der Waals surface area (Å²) in [4.78, 5) is 0. The third-order valence-corrected chi connectivity index (χ3v) is 2.53. The topological polar surface area (TPSA) is 30.9 Å². The number of nitrogens with zero attached hydrogens (tertiary/aromatic N) is 1. The number of nitrogens with two attached hydrogens (primary N) is 1. The lowest BCUT2D eigenvalue weighted by Gasteiger charge is -2.10. The Bertz CT molecular complexity index is 424. The molecule has 2 N–H and O–H groups in total. The van der Waals surface area contributed by atoms with E-state index in [2.05, 4.69) is 0 Å². The van der Waals surface area contributed by atoms with Gasteiger partial charge in [0.2, 0.25) is 0 Å². The first kappa shape index (κ1) is 12.1. The Kier molecular flexibility index (Phi) is 4.21. The van der Waals surface area contributed by atoms with E-state index in [1.54, 1.807) is 0 Å². The third kappa shape index (κ3) is 2.34. The first-order valence-electron chi connectivity index (χ1n) is 4.43. The molecule has 0 spiro atoms. The maximum absolute atomic E-state index is 6.05. The molecule has 4 heteroatoms. The molecule has 0 aliphatic heterocycles. The minimum absolute atomic E-state index is 0. The summed E-state index contributed by atoms with van der Waals surface area (Å²) in [6.45, 7) is 0.452.